The fraction of sp³-hybridized carbons (Fsp3) is 1.00. The lowest BCUT2D eigenvalue weighted by Gasteiger charge is -2.39. The summed E-state index contributed by atoms with van der Waals surface area (Å²) in [5.74, 6) is 1.52. The smallest absolute Gasteiger partial charge is 0.0116 e. The van der Waals surface area contributed by atoms with Crippen molar-refractivity contribution in [1.82, 2.24) is 4.90 Å². The molecule has 2 unspecified atom stereocenters. The van der Waals surface area contributed by atoms with Crippen molar-refractivity contribution in [2.24, 2.45) is 17.6 Å². The van der Waals surface area contributed by atoms with E-state index in [9.17, 15) is 0 Å². The minimum Gasteiger partial charge on any atom is -0.330 e. The zero-order chi connectivity index (χ0) is 10.6. The molecule has 1 heterocycles. The molecule has 2 nitrogen and oxygen atoms in total. The summed E-state index contributed by atoms with van der Waals surface area (Å²) in [4.78, 5) is 2.66. The quantitative estimate of drug-likeness (QED) is 0.749. The summed E-state index contributed by atoms with van der Waals surface area (Å²) in [6.07, 6.45) is 3.95. The van der Waals surface area contributed by atoms with Gasteiger partial charge in [-0.05, 0) is 44.2 Å². The van der Waals surface area contributed by atoms with Gasteiger partial charge < -0.3 is 5.73 Å². The molecule has 84 valence electrons. The van der Waals surface area contributed by atoms with Gasteiger partial charge in [0.2, 0.25) is 0 Å². The van der Waals surface area contributed by atoms with Crippen LogP contribution < -0.4 is 5.73 Å². The van der Waals surface area contributed by atoms with E-state index in [-0.39, 0.29) is 0 Å². The molecule has 1 saturated heterocycles. The molecule has 0 aromatic heterocycles. The summed E-state index contributed by atoms with van der Waals surface area (Å²) in [7, 11) is 0. The van der Waals surface area contributed by atoms with Gasteiger partial charge in [0.05, 0.1) is 0 Å². The second-order valence-corrected chi connectivity index (χ2v) is 4.96. The molecule has 2 N–H and O–H groups in total. The Balaban J connectivity index is 2.48. The first-order valence-electron chi connectivity index (χ1n) is 6.13. The van der Waals surface area contributed by atoms with Crippen LogP contribution in [0.1, 0.15) is 40.0 Å². The molecule has 2 heteroatoms. The molecule has 1 fully saturated rings. The lowest BCUT2D eigenvalue weighted by molar-refractivity contribution is 0.0952. The molecule has 0 aromatic carbocycles. The monoisotopic (exact) mass is 198 g/mol. The van der Waals surface area contributed by atoms with E-state index in [4.69, 9.17) is 5.73 Å². The molecule has 2 atom stereocenters. The molecular formula is C12H26N2. The van der Waals surface area contributed by atoms with E-state index in [1.165, 1.54) is 32.4 Å². The van der Waals surface area contributed by atoms with Crippen LogP contribution >= 0.6 is 0 Å². The van der Waals surface area contributed by atoms with Crippen LogP contribution in [-0.2, 0) is 0 Å². The number of nitrogens with zero attached hydrogens (tertiary/aromatic N) is 1. The highest BCUT2D eigenvalue weighted by atomic mass is 15.2. The second-order valence-electron chi connectivity index (χ2n) is 4.96. The summed E-state index contributed by atoms with van der Waals surface area (Å²) >= 11 is 0. The molecule has 0 aliphatic carbocycles. The summed E-state index contributed by atoms with van der Waals surface area (Å²) in [6, 6.07) is 0.768. The van der Waals surface area contributed by atoms with Crippen molar-refractivity contribution in [3.63, 3.8) is 0 Å². The minimum absolute atomic E-state index is 0.747. The molecule has 0 bridgehead atoms. The van der Waals surface area contributed by atoms with E-state index in [1.807, 2.05) is 0 Å². The molecular weight excluding hydrogens is 172 g/mol. The summed E-state index contributed by atoms with van der Waals surface area (Å²) in [6.45, 7) is 10.3. The molecule has 14 heavy (non-hydrogen) atoms. The Morgan fingerprint density at radius 2 is 2.14 bits per heavy atom. The first-order chi connectivity index (χ1) is 6.69. The highest BCUT2D eigenvalue weighted by Crippen LogP contribution is 2.22. The predicted molar refractivity (Wildman–Crippen MR) is 62.3 cm³/mol. The van der Waals surface area contributed by atoms with Crippen molar-refractivity contribution in [3.05, 3.63) is 0 Å². The lowest BCUT2D eigenvalue weighted by Crippen LogP contribution is -2.46. The zero-order valence-corrected chi connectivity index (χ0v) is 10.00. The van der Waals surface area contributed by atoms with Crippen molar-refractivity contribution in [3.8, 4) is 0 Å². The maximum absolute atomic E-state index is 5.76. The molecule has 1 aliphatic rings. The van der Waals surface area contributed by atoms with Gasteiger partial charge in [-0.3, -0.25) is 4.90 Å². The van der Waals surface area contributed by atoms with Gasteiger partial charge >= 0.3 is 0 Å². The molecule has 0 aromatic rings. The first-order valence-corrected chi connectivity index (χ1v) is 6.13. The van der Waals surface area contributed by atoms with Gasteiger partial charge in [-0.25, -0.2) is 0 Å². The van der Waals surface area contributed by atoms with Crippen LogP contribution in [0.4, 0.5) is 0 Å². The van der Waals surface area contributed by atoms with E-state index in [2.05, 4.69) is 25.7 Å². The Labute approximate surface area is 88.8 Å². The Morgan fingerprint density at radius 1 is 1.43 bits per heavy atom. The topological polar surface area (TPSA) is 29.3 Å². The molecule has 1 rings (SSSR count). The van der Waals surface area contributed by atoms with Crippen molar-refractivity contribution in [2.45, 2.75) is 46.1 Å². The third-order valence-corrected chi connectivity index (χ3v) is 3.54. The highest BCUT2D eigenvalue weighted by molar-refractivity contribution is 4.80. The summed E-state index contributed by atoms with van der Waals surface area (Å²) < 4.78 is 0. The Morgan fingerprint density at radius 3 is 2.64 bits per heavy atom. The second kappa shape index (κ2) is 5.72. The Hall–Kier alpha value is -0.0800. The van der Waals surface area contributed by atoms with Gasteiger partial charge in [0, 0.05) is 12.6 Å². The maximum atomic E-state index is 5.76. The third-order valence-electron chi connectivity index (χ3n) is 3.54. The fourth-order valence-electron chi connectivity index (χ4n) is 2.74. The normalized spacial score (nSPS) is 26.8. The van der Waals surface area contributed by atoms with Gasteiger partial charge in [0.15, 0.2) is 0 Å². The van der Waals surface area contributed by atoms with E-state index >= 15 is 0 Å². The van der Waals surface area contributed by atoms with Gasteiger partial charge in [0.25, 0.3) is 0 Å². The van der Waals surface area contributed by atoms with Crippen molar-refractivity contribution < 1.29 is 0 Å². The maximum Gasteiger partial charge on any atom is 0.0116 e. The van der Waals surface area contributed by atoms with Crippen LogP contribution in [0.15, 0.2) is 0 Å². The first kappa shape index (κ1) is 12.0. The van der Waals surface area contributed by atoms with Crippen LogP contribution in [0.3, 0.4) is 0 Å². The summed E-state index contributed by atoms with van der Waals surface area (Å²) in [5.41, 5.74) is 5.76. The molecule has 0 amide bonds. The average molecular weight is 198 g/mol. The van der Waals surface area contributed by atoms with E-state index < -0.39 is 0 Å². The van der Waals surface area contributed by atoms with Gasteiger partial charge in [0.1, 0.15) is 0 Å². The van der Waals surface area contributed by atoms with Crippen molar-refractivity contribution in [2.75, 3.05) is 19.6 Å². The van der Waals surface area contributed by atoms with Crippen molar-refractivity contribution >= 4 is 0 Å². The molecule has 1 aliphatic heterocycles. The number of likely N-dealkylation sites (tertiary alicyclic amines) is 1. The number of nitrogens with two attached hydrogens (primary N) is 1. The largest absolute Gasteiger partial charge is 0.330 e. The molecule has 0 spiro atoms. The fourth-order valence-corrected chi connectivity index (χ4v) is 2.74. The van der Waals surface area contributed by atoms with Crippen LogP contribution in [0.25, 0.3) is 0 Å². The number of hydrogen-bond acceptors (Lipinski definition) is 2. The number of piperidine rings is 1. The van der Waals surface area contributed by atoms with E-state index in [0.717, 1.165) is 24.4 Å². The predicted octanol–water partition coefficient (Wildman–Crippen LogP) is 2.09. The number of rotatable bonds is 4. The van der Waals surface area contributed by atoms with Crippen LogP contribution in [-0.4, -0.2) is 30.6 Å². The van der Waals surface area contributed by atoms with E-state index in [1.54, 1.807) is 0 Å². The Kier molecular flexibility index (Phi) is 4.90. The standard InChI is InChI=1S/C12H26N2/c1-4-12(10(2)3)14-7-5-6-11(8-13)9-14/h10-12H,4-9,13H2,1-3H3. The van der Waals surface area contributed by atoms with Crippen molar-refractivity contribution in [1.29, 1.82) is 0 Å². The van der Waals surface area contributed by atoms with Gasteiger partial charge in [-0.1, -0.05) is 20.8 Å². The Bertz CT molecular complexity index is 156. The third kappa shape index (κ3) is 2.96. The minimum atomic E-state index is 0.747. The summed E-state index contributed by atoms with van der Waals surface area (Å²) in [5, 5.41) is 0. The highest BCUT2D eigenvalue weighted by Gasteiger charge is 2.25. The average Bonchev–Trinajstić information content (AvgIpc) is 2.19. The van der Waals surface area contributed by atoms with Gasteiger partial charge in [-0.2, -0.15) is 0 Å². The number of hydrogen-bond donors (Lipinski definition) is 1. The van der Waals surface area contributed by atoms with Gasteiger partial charge in [-0.15, -0.1) is 0 Å². The lowest BCUT2D eigenvalue weighted by atomic mass is 9.92. The van der Waals surface area contributed by atoms with Crippen LogP contribution in [0, 0.1) is 11.8 Å². The molecule has 0 saturated carbocycles. The SMILES string of the molecule is CCC(C(C)C)N1CCCC(CN)C1. The zero-order valence-electron chi connectivity index (χ0n) is 10.00. The van der Waals surface area contributed by atoms with E-state index in [0.29, 0.717) is 0 Å². The molecule has 0 radical (unpaired) electrons. The van der Waals surface area contributed by atoms with Crippen LogP contribution in [0.5, 0.6) is 0 Å². The van der Waals surface area contributed by atoms with Crippen LogP contribution in [0.2, 0.25) is 0 Å².